The molecule has 15 heavy (non-hydrogen) atoms. The lowest BCUT2D eigenvalue weighted by Gasteiger charge is -2.07. The first-order chi connectivity index (χ1) is 7.13. The zero-order chi connectivity index (χ0) is 11.3. The molecule has 0 saturated heterocycles. The first kappa shape index (κ1) is 12.6. The van der Waals surface area contributed by atoms with Gasteiger partial charge >= 0.3 is 0 Å². The molecular weight excluding hydrogens is 232 g/mol. The van der Waals surface area contributed by atoms with Crippen LogP contribution in [0.5, 0.6) is 0 Å². The third kappa shape index (κ3) is 4.28. The summed E-state index contributed by atoms with van der Waals surface area (Å²) in [5, 5.41) is 9.50. The maximum Gasteiger partial charge on any atom is 0.123 e. The lowest BCUT2D eigenvalue weighted by atomic mass is 10.2. The maximum atomic E-state index is 8.86. The quantitative estimate of drug-likeness (QED) is 0.836. The Bertz CT molecular complexity index is 322. The molecule has 1 aromatic heterocycles. The molecule has 0 radical (unpaired) electrons. The molecule has 3 N–H and O–H groups in total. The van der Waals surface area contributed by atoms with Gasteiger partial charge in [0.05, 0.1) is 10.7 Å². The van der Waals surface area contributed by atoms with Crippen LogP contribution < -0.4 is 5.73 Å². The van der Waals surface area contributed by atoms with E-state index in [0.717, 1.165) is 17.2 Å². The van der Waals surface area contributed by atoms with Crippen molar-refractivity contribution >= 4 is 29.2 Å². The van der Waals surface area contributed by atoms with Crippen molar-refractivity contribution in [3.63, 3.8) is 0 Å². The average Bonchev–Trinajstić information content (AvgIpc) is 2.23. The van der Waals surface area contributed by atoms with Crippen molar-refractivity contribution < 1.29 is 5.11 Å². The molecule has 5 heteroatoms. The SMILES string of the molecule is CC(CO)CSCc1nc(N)ccc1Cl. The molecule has 0 amide bonds. The van der Waals surface area contributed by atoms with Crippen molar-refractivity contribution in [2.45, 2.75) is 12.7 Å². The molecule has 0 aliphatic heterocycles. The summed E-state index contributed by atoms with van der Waals surface area (Å²) in [6.07, 6.45) is 0. The summed E-state index contributed by atoms with van der Waals surface area (Å²) in [5.74, 6) is 2.41. The highest BCUT2D eigenvalue weighted by Gasteiger charge is 2.05. The Labute approximate surface area is 99.0 Å². The molecule has 1 atom stereocenters. The van der Waals surface area contributed by atoms with Crippen LogP contribution in [0.4, 0.5) is 5.82 Å². The number of halogens is 1. The second kappa shape index (κ2) is 6.20. The van der Waals surface area contributed by atoms with Gasteiger partial charge in [-0.25, -0.2) is 4.98 Å². The predicted octanol–water partition coefficient (Wildman–Crippen LogP) is 2.18. The fraction of sp³-hybridized carbons (Fsp3) is 0.500. The van der Waals surface area contributed by atoms with Crippen LogP contribution in [0.1, 0.15) is 12.6 Å². The number of hydrogen-bond donors (Lipinski definition) is 2. The van der Waals surface area contributed by atoms with E-state index >= 15 is 0 Å². The molecule has 1 unspecified atom stereocenters. The van der Waals surface area contributed by atoms with Crippen LogP contribution in [0.15, 0.2) is 12.1 Å². The van der Waals surface area contributed by atoms with Gasteiger partial charge in [-0.05, 0) is 23.8 Å². The lowest BCUT2D eigenvalue weighted by molar-refractivity contribution is 0.250. The van der Waals surface area contributed by atoms with E-state index in [9.17, 15) is 0 Å². The van der Waals surface area contributed by atoms with Gasteiger partial charge in [-0.15, -0.1) is 0 Å². The van der Waals surface area contributed by atoms with Gasteiger partial charge in [0.1, 0.15) is 5.82 Å². The molecule has 1 aromatic rings. The molecule has 0 spiro atoms. The van der Waals surface area contributed by atoms with Gasteiger partial charge in [0.15, 0.2) is 0 Å². The first-order valence-electron chi connectivity index (χ1n) is 4.73. The van der Waals surface area contributed by atoms with Gasteiger partial charge in [-0.1, -0.05) is 18.5 Å². The van der Waals surface area contributed by atoms with Crippen LogP contribution >= 0.6 is 23.4 Å². The molecule has 3 nitrogen and oxygen atoms in total. The molecule has 0 aliphatic carbocycles. The molecular formula is C10H15ClN2OS. The Kier molecular flexibility index (Phi) is 5.22. The third-order valence-corrected chi connectivity index (χ3v) is 3.52. The summed E-state index contributed by atoms with van der Waals surface area (Å²) in [6, 6.07) is 3.45. The van der Waals surface area contributed by atoms with Crippen LogP contribution in [0.25, 0.3) is 0 Å². The second-order valence-electron chi connectivity index (χ2n) is 3.47. The number of aromatic nitrogens is 1. The molecule has 0 aromatic carbocycles. The average molecular weight is 247 g/mol. The van der Waals surface area contributed by atoms with E-state index in [1.165, 1.54) is 0 Å². The van der Waals surface area contributed by atoms with Crippen molar-refractivity contribution in [1.29, 1.82) is 0 Å². The number of nitrogens with two attached hydrogens (primary N) is 1. The summed E-state index contributed by atoms with van der Waals surface area (Å²) in [5.41, 5.74) is 6.38. The van der Waals surface area contributed by atoms with Gasteiger partial charge in [0.25, 0.3) is 0 Å². The Balaban J connectivity index is 2.46. The van der Waals surface area contributed by atoms with E-state index in [0.29, 0.717) is 16.8 Å². The Morgan fingerprint density at radius 1 is 1.60 bits per heavy atom. The van der Waals surface area contributed by atoms with Gasteiger partial charge < -0.3 is 10.8 Å². The molecule has 1 rings (SSSR count). The highest BCUT2D eigenvalue weighted by molar-refractivity contribution is 7.98. The fourth-order valence-corrected chi connectivity index (χ4v) is 2.30. The number of anilines is 1. The van der Waals surface area contributed by atoms with E-state index in [1.807, 2.05) is 6.92 Å². The van der Waals surface area contributed by atoms with Crippen molar-refractivity contribution in [3.8, 4) is 0 Å². The number of nitrogens with zero attached hydrogens (tertiary/aromatic N) is 1. The summed E-state index contributed by atoms with van der Waals surface area (Å²) < 4.78 is 0. The second-order valence-corrected chi connectivity index (χ2v) is 4.90. The zero-order valence-corrected chi connectivity index (χ0v) is 10.2. The minimum absolute atomic E-state index is 0.213. The number of hydrogen-bond acceptors (Lipinski definition) is 4. The standard InChI is InChI=1S/C10H15ClN2OS/c1-7(4-14)5-15-6-9-8(11)2-3-10(12)13-9/h2-3,7,14H,4-6H2,1H3,(H2,12,13). The largest absolute Gasteiger partial charge is 0.396 e. The van der Waals surface area contributed by atoms with Crippen molar-refractivity contribution in [1.82, 2.24) is 4.98 Å². The highest BCUT2D eigenvalue weighted by Crippen LogP contribution is 2.21. The van der Waals surface area contributed by atoms with E-state index in [1.54, 1.807) is 23.9 Å². The molecule has 0 saturated carbocycles. The molecule has 84 valence electrons. The topological polar surface area (TPSA) is 59.1 Å². The number of aliphatic hydroxyl groups excluding tert-OH is 1. The van der Waals surface area contributed by atoms with Crippen LogP contribution in [0.2, 0.25) is 5.02 Å². The van der Waals surface area contributed by atoms with Gasteiger partial charge in [0, 0.05) is 12.4 Å². The van der Waals surface area contributed by atoms with Gasteiger partial charge in [-0.2, -0.15) is 11.8 Å². The van der Waals surface area contributed by atoms with Crippen LogP contribution in [0.3, 0.4) is 0 Å². The monoisotopic (exact) mass is 246 g/mol. The number of rotatable bonds is 5. The number of nitrogen functional groups attached to an aromatic ring is 1. The van der Waals surface area contributed by atoms with Crippen molar-refractivity contribution in [2.75, 3.05) is 18.1 Å². The van der Waals surface area contributed by atoms with E-state index < -0.39 is 0 Å². The van der Waals surface area contributed by atoms with Crippen LogP contribution in [0, 0.1) is 5.92 Å². The number of pyridine rings is 1. The lowest BCUT2D eigenvalue weighted by Crippen LogP contribution is -2.04. The highest BCUT2D eigenvalue weighted by atomic mass is 35.5. The Morgan fingerprint density at radius 3 is 3.00 bits per heavy atom. The summed E-state index contributed by atoms with van der Waals surface area (Å²) in [6.45, 7) is 2.21. The minimum Gasteiger partial charge on any atom is -0.396 e. The Hall–Kier alpha value is -0.450. The minimum atomic E-state index is 0.213. The van der Waals surface area contributed by atoms with Gasteiger partial charge in [0.2, 0.25) is 0 Å². The van der Waals surface area contributed by atoms with Gasteiger partial charge in [-0.3, -0.25) is 0 Å². The smallest absolute Gasteiger partial charge is 0.123 e. The zero-order valence-electron chi connectivity index (χ0n) is 8.61. The summed E-state index contributed by atoms with van der Waals surface area (Å²) >= 11 is 7.66. The molecule has 0 fully saturated rings. The van der Waals surface area contributed by atoms with E-state index in [2.05, 4.69) is 4.98 Å². The number of aliphatic hydroxyl groups is 1. The summed E-state index contributed by atoms with van der Waals surface area (Å²) in [4.78, 5) is 4.16. The van der Waals surface area contributed by atoms with Crippen molar-refractivity contribution in [2.24, 2.45) is 5.92 Å². The molecule has 1 heterocycles. The fourth-order valence-electron chi connectivity index (χ4n) is 1.01. The van der Waals surface area contributed by atoms with Crippen molar-refractivity contribution in [3.05, 3.63) is 22.8 Å². The summed E-state index contributed by atoms with van der Waals surface area (Å²) in [7, 11) is 0. The van der Waals surface area contributed by atoms with E-state index in [4.69, 9.17) is 22.4 Å². The number of thioether (sulfide) groups is 1. The molecule has 0 aliphatic rings. The van der Waals surface area contributed by atoms with Crippen LogP contribution in [-0.2, 0) is 5.75 Å². The van der Waals surface area contributed by atoms with Crippen LogP contribution in [-0.4, -0.2) is 22.5 Å². The van der Waals surface area contributed by atoms with E-state index in [-0.39, 0.29) is 6.61 Å². The maximum absolute atomic E-state index is 8.86. The first-order valence-corrected chi connectivity index (χ1v) is 6.26. The normalized spacial score (nSPS) is 12.7. The Morgan fingerprint density at radius 2 is 2.33 bits per heavy atom. The predicted molar refractivity (Wildman–Crippen MR) is 66.1 cm³/mol. The third-order valence-electron chi connectivity index (χ3n) is 1.89. The molecule has 0 bridgehead atoms.